The molecule has 6 nitrogen and oxygen atoms in total. The van der Waals surface area contributed by atoms with Gasteiger partial charge in [0.2, 0.25) is 5.91 Å². The first-order chi connectivity index (χ1) is 12.6. The lowest BCUT2D eigenvalue weighted by Crippen LogP contribution is -2.41. The van der Waals surface area contributed by atoms with Gasteiger partial charge in [-0.3, -0.25) is 9.59 Å². The van der Waals surface area contributed by atoms with Crippen molar-refractivity contribution >= 4 is 34.8 Å². The van der Waals surface area contributed by atoms with Gasteiger partial charge < -0.3 is 15.0 Å². The molecule has 0 bridgehead atoms. The van der Waals surface area contributed by atoms with E-state index in [1.165, 1.54) is 18.4 Å². The Labute approximate surface area is 155 Å². The molecule has 2 aromatic rings. The summed E-state index contributed by atoms with van der Waals surface area (Å²) in [6.07, 6.45) is 1.20. The molecule has 0 spiro atoms. The summed E-state index contributed by atoms with van der Waals surface area (Å²) in [6.45, 7) is 1.10. The Morgan fingerprint density at radius 1 is 1.12 bits per heavy atom. The molecule has 0 unspecified atom stereocenters. The molecule has 0 atom stereocenters. The number of thiophene rings is 1. The molecule has 0 saturated carbocycles. The minimum absolute atomic E-state index is 0.0231. The number of benzene rings is 1. The maximum absolute atomic E-state index is 12.6. The van der Waals surface area contributed by atoms with Crippen molar-refractivity contribution in [1.29, 1.82) is 0 Å². The van der Waals surface area contributed by atoms with Crippen LogP contribution in [0.3, 0.4) is 0 Å². The summed E-state index contributed by atoms with van der Waals surface area (Å²) in [5.41, 5.74) is 0.773. The number of nitrogens with zero attached hydrogens (tertiary/aromatic N) is 1. The van der Waals surface area contributed by atoms with Crippen LogP contribution in [0.1, 0.15) is 32.9 Å². The monoisotopic (exact) mass is 372 g/mol. The van der Waals surface area contributed by atoms with Gasteiger partial charge in [0.1, 0.15) is 0 Å². The summed E-state index contributed by atoms with van der Waals surface area (Å²) in [5, 5.41) is 4.71. The second-order valence-corrected chi connectivity index (χ2v) is 7.02. The number of carbonyl (C=O) groups is 3. The Morgan fingerprint density at radius 3 is 2.50 bits per heavy atom. The molecule has 1 aromatic carbocycles. The molecular weight excluding hydrogens is 352 g/mol. The third-order valence-corrected chi connectivity index (χ3v) is 5.33. The van der Waals surface area contributed by atoms with Crippen molar-refractivity contribution in [2.45, 2.75) is 12.8 Å². The fourth-order valence-corrected chi connectivity index (χ4v) is 3.71. The highest BCUT2D eigenvalue weighted by Crippen LogP contribution is 2.23. The molecule has 1 aliphatic heterocycles. The highest BCUT2D eigenvalue weighted by molar-refractivity contribution is 7.12. The smallest absolute Gasteiger partial charge is 0.339 e. The number of hydrogen-bond donors (Lipinski definition) is 1. The number of methoxy groups -OCH3 is 1. The zero-order valence-electron chi connectivity index (χ0n) is 14.4. The van der Waals surface area contributed by atoms with Gasteiger partial charge in [-0.2, -0.15) is 0 Å². The van der Waals surface area contributed by atoms with Crippen LogP contribution in [0.5, 0.6) is 0 Å². The van der Waals surface area contributed by atoms with E-state index < -0.39 is 5.97 Å². The summed E-state index contributed by atoms with van der Waals surface area (Å²) in [7, 11) is 1.31. The van der Waals surface area contributed by atoms with Crippen molar-refractivity contribution < 1.29 is 19.1 Å². The minimum Gasteiger partial charge on any atom is -0.465 e. The second kappa shape index (κ2) is 8.14. The van der Waals surface area contributed by atoms with E-state index in [-0.39, 0.29) is 17.7 Å². The fourth-order valence-electron chi connectivity index (χ4n) is 3.02. The Kier molecular flexibility index (Phi) is 5.68. The highest BCUT2D eigenvalue weighted by Gasteiger charge is 2.28. The van der Waals surface area contributed by atoms with E-state index in [0.29, 0.717) is 37.2 Å². The fraction of sp³-hybridized carbons (Fsp3) is 0.316. The van der Waals surface area contributed by atoms with Crippen molar-refractivity contribution in [1.82, 2.24) is 4.90 Å². The number of amides is 2. The third-order valence-electron chi connectivity index (χ3n) is 4.48. The number of anilines is 1. The average Bonchev–Trinajstić information content (AvgIpc) is 3.22. The lowest BCUT2D eigenvalue weighted by Gasteiger charge is -2.31. The third kappa shape index (κ3) is 3.94. The van der Waals surface area contributed by atoms with Crippen molar-refractivity contribution in [3.8, 4) is 0 Å². The number of ether oxygens (including phenoxy) is 1. The number of esters is 1. The van der Waals surface area contributed by atoms with E-state index in [1.807, 2.05) is 17.5 Å². The second-order valence-electron chi connectivity index (χ2n) is 6.07. The number of para-hydroxylation sites is 1. The van der Waals surface area contributed by atoms with Crippen molar-refractivity contribution in [3.63, 3.8) is 0 Å². The normalized spacial score (nSPS) is 14.7. The molecule has 2 heterocycles. The predicted octanol–water partition coefficient (Wildman–Crippen LogP) is 3.03. The lowest BCUT2D eigenvalue weighted by atomic mass is 9.95. The zero-order chi connectivity index (χ0) is 18.5. The van der Waals surface area contributed by atoms with Crippen molar-refractivity contribution in [3.05, 3.63) is 52.2 Å². The van der Waals surface area contributed by atoms with Crippen LogP contribution in [-0.2, 0) is 9.53 Å². The van der Waals surface area contributed by atoms with Gasteiger partial charge in [-0.25, -0.2) is 4.79 Å². The molecular formula is C19H20N2O4S. The minimum atomic E-state index is -0.489. The van der Waals surface area contributed by atoms with Crippen LogP contribution >= 0.6 is 11.3 Å². The first kappa shape index (κ1) is 18.1. The number of hydrogen-bond acceptors (Lipinski definition) is 5. The number of rotatable bonds is 4. The van der Waals surface area contributed by atoms with E-state index in [0.717, 1.165) is 4.88 Å². The van der Waals surface area contributed by atoms with Crippen molar-refractivity contribution in [2.75, 3.05) is 25.5 Å². The Hall–Kier alpha value is -2.67. The van der Waals surface area contributed by atoms with Crippen LogP contribution in [0.15, 0.2) is 41.8 Å². The molecule has 3 rings (SSSR count). The summed E-state index contributed by atoms with van der Waals surface area (Å²) in [5.74, 6) is -0.787. The van der Waals surface area contributed by atoms with Crippen molar-refractivity contribution in [2.24, 2.45) is 5.92 Å². The summed E-state index contributed by atoms with van der Waals surface area (Å²) < 4.78 is 4.75. The topological polar surface area (TPSA) is 75.7 Å². The van der Waals surface area contributed by atoms with Gasteiger partial charge in [-0.1, -0.05) is 18.2 Å². The number of nitrogens with one attached hydrogen (secondary N) is 1. The lowest BCUT2D eigenvalue weighted by molar-refractivity contribution is -0.121. The van der Waals surface area contributed by atoms with Gasteiger partial charge in [0.15, 0.2) is 0 Å². The molecule has 136 valence electrons. The maximum Gasteiger partial charge on any atom is 0.339 e. The molecule has 0 radical (unpaired) electrons. The molecule has 1 aliphatic rings. The average molecular weight is 372 g/mol. The first-order valence-electron chi connectivity index (χ1n) is 8.41. The van der Waals surface area contributed by atoms with Crippen LogP contribution in [0, 0.1) is 5.92 Å². The van der Waals surface area contributed by atoms with Gasteiger partial charge in [0.25, 0.3) is 5.91 Å². The first-order valence-corrected chi connectivity index (χ1v) is 9.29. The zero-order valence-corrected chi connectivity index (χ0v) is 15.3. The number of carbonyl (C=O) groups excluding carboxylic acids is 3. The van der Waals surface area contributed by atoms with Gasteiger partial charge in [0, 0.05) is 19.0 Å². The van der Waals surface area contributed by atoms with Crippen LogP contribution in [0.25, 0.3) is 0 Å². The molecule has 1 fully saturated rings. The predicted molar refractivity (Wildman–Crippen MR) is 99.4 cm³/mol. The SMILES string of the molecule is COC(=O)c1ccccc1NC(=O)C1CCN(C(=O)c2cccs2)CC1. The largest absolute Gasteiger partial charge is 0.465 e. The van der Waals surface area contributed by atoms with E-state index in [2.05, 4.69) is 5.32 Å². The number of likely N-dealkylation sites (tertiary alicyclic amines) is 1. The molecule has 1 aromatic heterocycles. The van der Waals surface area contributed by atoms with Gasteiger partial charge in [-0.15, -0.1) is 11.3 Å². The van der Waals surface area contributed by atoms with Gasteiger partial charge in [0.05, 0.1) is 23.2 Å². The maximum atomic E-state index is 12.6. The summed E-state index contributed by atoms with van der Waals surface area (Å²) in [4.78, 5) is 39.3. The summed E-state index contributed by atoms with van der Waals surface area (Å²) >= 11 is 1.43. The quantitative estimate of drug-likeness (QED) is 0.837. The molecule has 26 heavy (non-hydrogen) atoms. The van der Waals surface area contributed by atoms with Crippen LogP contribution < -0.4 is 5.32 Å². The van der Waals surface area contributed by atoms with Gasteiger partial charge >= 0.3 is 5.97 Å². The van der Waals surface area contributed by atoms with Crippen LogP contribution in [-0.4, -0.2) is 42.9 Å². The molecule has 7 heteroatoms. The van der Waals surface area contributed by atoms with Crippen LogP contribution in [0.2, 0.25) is 0 Å². The molecule has 1 N–H and O–H groups in total. The van der Waals surface area contributed by atoms with E-state index in [9.17, 15) is 14.4 Å². The van der Waals surface area contributed by atoms with E-state index >= 15 is 0 Å². The standard InChI is InChI=1S/C19H20N2O4S/c1-25-19(24)14-5-2-3-6-15(14)20-17(22)13-8-10-21(11-9-13)18(23)16-7-4-12-26-16/h2-7,12-13H,8-11H2,1H3,(H,20,22). The van der Waals surface area contributed by atoms with Gasteiger partial charge in [-0.05, 0) is 36.4 Å². The molecule has 0 aliphatic carbocycles. The molecule has 1 saturated heterocycles. The van der Waals surface area contributed by atoms with E-state index in [4.69, 9.17) is 4.74 Å². The number of piperidine rings is 1. The van der Waals surface area contributed by atoms with Crippen LogP contribution in [0.4, 0.5) is 5.69 Å². The van der Waals surface area contributed by atoms with E-state index in [1.54, 1.807) is 29.2 Å². The Morgan fingerprint density at radius 2 is 1.85 bits per heavy atom. The summed E-state index contributed by atoms with van der Waals surface area (Å²) in [6, 6.07) is 10.4. The highest BCUT2D eigenvalue weighted by atomic mass is 32.1. The molecule has 2 amide bonds. The Bertz CT molecular complexity index is 796. The Balaban J connectivity index is 1.59.